The van der Waals surface area contributed by atoms with E-state index in [0.717, 1.165) is 29.4 Å². The third-order valence-electron chi connectivity index (χ3n) is 5.97. The van der Waals surface area contributed by atoms with E-state index in [-0.39, 0.29) is 30.9 Å². The fraction of sp³-hybridized carbons (Fsp3) is 0.500. The molecular formula is C20H22N2O4S. The molecule has 6 nitrogen and oxygen atoms in total. The maximum absolute atomic E-state index is 13.5. The topological polar surface area (TPSA) is 76.6 Å². The fourth-order valence-electron chi connectivity index (χ4n) is 4.31. The Bertz CT molecular complexity index is 1020. The third kappa shape index (κ3) is 2.93. The molecule has 0 radical (unpaired) electrons. The summed E-state index contributed by atoms with van der Waals surface area (Å²) in [4.78, 5) is 20.1. The van der Waals surface area contributed by atoms with Crippen molar-refractivity contribution in [2.24, 2.45) is 0 Å². The summed E-state index contributed by atoms with van der Waals surface area (Å²) in [6, 6.07) is 9.34. The molecule has 2 saturated heterocycles. The number of fused-ring (bicyclic) bond motifs is 2. The molecule has 3 heterocycles. The molecule has 27 heavy (non-hydrogen) atoms. The van der Waals surface area contributed by atoms with E-state index in [1.807, 2.05) is 30.3 Å². The van der Waals surface area contributed by atoms with Gasteiger partial charge in [-0.1, -0.05) is 18.2 Å². The second kappa shape index (κ2) is 6.27. The number of rotatable bonds is 2. The molecule has 2 aliphatic heterocycles. The maximum atomic E-state index is 13.5. The first-order valence-electron chi connectivity index (χ1n) is 9.54. The van der Waals surface area contributed by atoms with Crippen molar-refractivity contribution in [1.82, 2.24) is 9.88 Å². The predicted octanol–water partition coefficient (Wildman–Crippen LogP) is 2.14. The van der Waals surface area contributed by atoms with Crippen molar-refractivity contribution in [2.45, 2.75) is 36.5 Å². The van der Waals surface area contributed by atoms with Crippen molar-refractivity contribution in [1.29, 1.82) is 0 Å². The molecule has 3 aliphatic rings. The molecule has 1 aliphatic carbocycles. The molecule has 0 bridgehead atoms. The second-order valence-corrected chi connectivity index (χ2v) is 10.1. The Morgan fingerprint density at radius 1 is 1.19 bits per heavy atom. The minimum absolute atomic E-state index is 0.00175. The van der Waals surface area contributed by atoms with E-state index in [1.165, 1.54) is 0 Å². The number of aromatic nitrogens is 1. The minimum Gasteiger partial charge on any atom is -0.380 e. The van der Waals surface area contributed by atoms with Crippen molar-refractivity contribution >= 4 is 26.6 Å². The Morgan fingerprint density at radius 2 is 2.00 bits per heavy atom. The van der Waals surface area contributed by atoms with Gasteiger partial charge in [-0.25, -0.2) is 8.42 Å². The lowest BCUT2D eigenvalue weighted by atomic mass is 10.0. The number of benzene rings is 1. The molecule has 142 valence electrons. The van der Waals surface area contributed by atoms with Crippen LogP contribution in [0.3, 0.4) is 0 Å². The molecule has 1 aromatic carbocycles. The molecule has 5 rings (SSSR count). The normalized spacial score (nSPS) is 27.3. The van der Waals surface area contributed by atoms with Crippen LogP contribution in [-0.4, -0.2) is 61.0 Å². The van der Waals surface area contributed by atoms with Gasteiger partial charge in [0.1, 0.15) is 5.25 Å². The highest BCUT2D eigenvalue weighted by Crippen LogP contribution is 2.40. The van der Waals surface area contributed by atoms with Crippen molar-refractivity contribution in [3.8, 4) is 0 Å². The summed E-state index contributed by atoms with van der Waals surface area (Å²) in [6.07, 6.45) is 2.79. The van der Waals surface area contributed by atoms with E-state index in [9.17, 15) is 13.2 Å². The lowest BCUT2D eigenvalue weighted by Crippen LogP contribution is -2.60. The van der Waals surface area contributed by atoms with Crippen LogP contribution in [0.5, 0.6) is 0 Å². The van der Waals surface area contributed by atoms with Crippen LogP contribution < -0.4 is 0 Å². The van der Waals surface area contributed by atoms with Crippen molar-refractivity contribution in [3.63, 3.8) is 0 Å². The van der Waals surface area contributed by atoms with Gasteiger partial charge in [-0.15, -0.1) is 0 Å². The average molecular weight is 386 g/mol. The van der Waals surface area contributed by atoms with Crippen LogP contribution in [0.1, 0.15) is 41.2 Å². The highest BCUT2D eigenvalue weighted by atomic mass is 32.2. The van der Waals surface area contributed by atoms with Crippen LogP contribution in [0.2, 0.25) is 0 Å². The van der Waals surface area contributed by atoms with E-state index in [0.29, 0.717) is 24.5 Å². The minimum atomic E-state index is -3.22. The Morgan fingerprint density at radius 3 is 2.81 bits per heavy atom. The molecule has 3 fully saturated rings. The van der Waals surface area contributed by atoms with E-state index < -0.39 is 15.1 Å². The summed E-state index contributed by atoms with van der Waals surface area (Å²) in [6.45, 7) is 0.920. The number of ether oxygens (including phenoxy) is 1. The quantitative estimate of drug-likeness (QED) is 0.790. The number of amides is 1. The number of hydrogen-bond donors (Lipinski definition) is 0. The van der Waals surface area contributed by atoms with E-state index in [1.54, 1.807) is 4.90 Å². The van der Waals surface area contributed by atoms with Gasteiger partial charge < -0.3 is 9.64 Å². The van der Waals surface area contributed by atoms with Crippen LogP contribution in [-0.2, 0) is 14.6 Å². The monoisotopic (exact) mass is 386 g/mol. The summed E-state index contributed by atoms with van der Waals surface area (Å²) in [7, 11) is -3.22. The molecule has 1 amide bonds. The highest BCUT2D eigenvalue weighted by molar-refractivity contribution is 7.92. The molecule has 2 aromatic rings. The van der Waals surface area contributed by atoms with Gasteiger partial charge in [0.2, 0.25) is 0 Å². The Hall–Kier alpha value is -1.99. The first-order valence-corrected chi connectivity index (χ1v) is 11.3. The summed E-state index contributed by atoms with van der Waals surface area (Å²) in [5, 5.41) is 0.226. The van der Waals surface area contributed by atoms with Crippen LogP contribution >= 0.6 is 0 Å². The predicted molar refractivity (Wildman–Crippen MR) is 102 cm³/mol. The first kappa shape index (κ1) is 17.1. The molecular weight excluding hydrogens is 364 g/mol. The van der Waals surface area contributed by atoms with E-state index >= 15 is 0 Å². The molecule has 0 N–H and O–H groups in total. The fourth-order valence-corrected chi connectivity index (χ4v) is 6.13. The Labute approximate surface area is 158 Å². The summed E-state index contributed by atoms with van der Waals surface area (Å²) in [5.74, 6) is 0.364. The lowest BCUT2D eigenvalue weighted by Gasteiger charge is -2.43. The third-order valence-corrected chi connectivity index (χ3v) is 8.09. The van der Waals surface area contributed by atoms with Crippen molar-refractivity contribution in [3.05, 3.63) is 41.6 Å². The number of nitrogens with zero attached hydrogens (tertiary/aromatic N) is 2. The zero-order valence-electron chi connectivity index (χ0n) is 15.0. The van der Waals surface area contributed by atoms with Gasteiger partial charge in [-0.3, -0.25) is 9.78 Å². The van der Waals surface area contributed by atoms with Gasteiger partial charge >= 0.3 is 0 Å². The zero-order chi connectivity index (χ0) is 18.6. The van der Waals surface area contributed by atoms with Crippen LogP contribution in [0.25, 0.3) is 10.9 Å². The van der Waals surface area contributed by atoms with Gasteiger partial charge in [-0.2, -0.15) is 0 Å². The number of hydrogen-bond acceptors (Lipinski definition) is 5. The molecule has 1 saturated carbocycles. The highest BCUT2D eigenvalue weighted by Gasteiger charge is 2.45. The number of carbonyl (C=O) groups is 1. The first-order chi connectivity index (χ1) is 13.0. The molecule has 0 spiro atoms. The number of sulfone groups is 1. The van der Waals surface area contributed by atoms with Gasteiger partial charge in [-0.05, 0) is 31.4 Å². The SMILES string of the molecule is O=C(c1cc(C2CC2)nc2ccccc12)N1CCS(=O)(=O)[C@@H]2COCC[C@@H]21. The molecule has 2 atom stereocenters. The molecule has 0 unspecified atom stereocenters. The molecule has 1 aromatic heterocycles. The second-order valence-electron chi connectivity index (χ2n) is 7.72. The Kier molecular flexibility index (Phi) is 3.98. The van der Waals surface area contributed by atoms with E-state index in [4.69, 9.17) is 9.72 Å². The standard InChI is InChI=1S/C20H22N2O4S/c23-20(22-8-10-27(24,25)19-12-26-9-7-18(19)22)15-11-17(13-5-6-13)21-16-4-2-1-3-14(15)16/h1-4,11,13,18-19H,5-10,12H2/t18-,19+/m0/s1. The summed E-state index contributed by atoms with van der Waals surface area (Å²) < 4.78 is 30.3. The van der Waals surface area contributed by atoms with Crippen LogP contribution in [0, 0.1) is 0 Å². The Balaban J connectivity index is 1.57. The zero-order valence-corrected chi connectivity index (χ0v) is 15.8. The van der Waals surface area contributed by atoms with Gasteiger partial charge in [0.15, 0.2) is 9.84 Å². The van der Waals surface area contributed by atoms with E-state index in [2.05, 4.69) is 0 Å². The van der Waals surface area contributed by atoms with Crippen molar-refractivity contribution < 1.29 is 17.9 Å². The van der Waals surface area contributed by atoms with Crippen LogP contribution in [0.15, 0.2) is 30.3 Å². The van der Waals surface area contributed by atoms with Gasteiger partial charge in [0.05, 0.1) is 29.5 Å². The van der Waals surface area contributed by atoms with Crippen molar-refractivity contribution in [2.75, 3.05) is 25.5 Å². The summed E-state index contributed by atoms with van der Waals surface area (Å²) in [5.41, 5.74) is 2.45. The van der Waals surface area contributed by atoms with Crippen LogP contribution in [0.4, 0.5) is 0 Å². The van der Waals surface area contributed by atoms with Gasteiger partial charge in [0, 0.05) is 30.1 Å². The number of para-hydroxylation sites is 1. The largest absolute Gasteiger partial charge is 0.380 e. The number of pyridine rings is 1. The summed E-state index contributed by atoms with van der Waals surface area (Å²) >= 11 is 0. The lowest BCUT2D eigenvalue weighted by molar-refractivity contribution is 0.0295. The smallest absolute Gasteiger partial charge is 0.254 e. The number of carbonyl (C=O) groups excluding carboxylic acids is 1. The maximum Gasteiger partial charge on any atom is 0.254 e. The van der Waals surface area contributed by atoms with Gasteiger partial charge in [0.25, 0.3) is 5.91 Å². The molecule has 7 heteroatoms. The average Bonchev–Trinajstić information content (AvgIpc) is 3.52.